The SMILES string of the molecule is CCn1cc(C2CC(O)c3cc(OC)ccc3O2)cn1. The molecule has 2 unspecified atom stereocenters. The zero-order chi connectivity index (χ0) is 14.1. The maximum absolute atomic E-state index is 10.3. The third kappa shape index (κ3) is 2.25. The zero-order valence-electron chi connectivity index (χ0n) is 11.6. The number of aliphatic hydroxyl groups is 1. The first-order valence-electron chi connectivity index (χ1n) is 6.76. The van der Waals surface area contributed by atoms with Crippen molar-refractivity contribution >= 4 is 0 Å². The normalized spacial score (nSPS) is 21.1. The van der Waals surface area contributed by atoms with Gasteiger partial charge in [0.15, 0.2) is 0 Å². The number of hydrogen-bond acceptors (Lipinski definition) is 4. The Labute approximate surface area is 117 Å². The first kappa shape index (κ1) is 13.0. The van der Waals surface area contributed by atoms with E-state index in [1.807, 2.05) is 36.0 Å². The minimum absolute atomic E-state index is 0.161. The molecule has 0 spiro atoms. The Morgan fingerprint density at radius 2 is 2.35 bits per heavy atom. The molecular weight excluding hydrogens is 256 g/mol. The molecule has 1 N–H and O–H groups in total. The van der Waals surface area contributed by atoms with E-state index in [1.165, 1.54) is 0 Å². The monoisotopic (exact) mass is 274 g/mol. The summed E-state index contributed by atoms with van der Waals surface area (Å²) in [6.45, 7) is 2.86. The van der Waals surface area contributed by atoms with Crippen LogP contribution in [0.25, 0.3) is 0 Å². The van der Waals surface area contributed by atoms with E-state index in [-0.39, 0.29) is 6.10 Å². The minimum atomic E-state index is -0.552. The average molecular weight is 274 g/mol. The number of nitrogens with zero attached hydrogens (tertiary/aromatic N) is 2. The van der Waals surface area contributed by atoms with Gasteiger partial charge < -0.3 is 14.6 Å². The van der Waals surface area contributed by atoms with Crippen LogP contribution in [0.15, 0.2) is 30.6 Å². The maximum Gasteiger partial charge on any atom is 0.130 e. The molecule has 0 saturated heterocycles. The highest BCUT2D eigenvalue weighted by Gasteiger charge is 2.29. The number of methoxy groups -OCH3 is 1. The fraction of sp³-hybridized carbons (Fsp3) is 0.400. The summed E-state index contributed by atoms with van der Waals surface area (Å²) in [4.78, 5) is 0. The number of aryl methyl sites for hydroxylation is 1. The van der Waals surface area contributed by atoms with Crippen molar-refractivity contribution in [2.45, 2.75) is 32.1 Å². The van der Waals surface area contributed by atoms with Crippen molar-refractivity contribution in [3.05, 3.63) is 41.7 Å². The number of benzene rings is 1. The number of ether oxygens (including phenoxy) is 2. The van der Waals surface area contributed by atoms with Gasteiger partial charge in [-0.05, 0) is 25.1 Å². The van der Waals surface area contributed by atoms with Crippen LogP contribution >= 0.6 is 0 Å². The van der Waals surface area contributed by atoms with Crippen LogP contribution in [0.5, 0.6) is 11.5 Å². The summed E-state index contributed by atoms with van der Waals surface area (Å²) < 4.78 is 13.0. The van der Waals surface area contributed by atoms with Crippen molar-refractivity contribution in [1.29, 1.82) is 0 Å². The number of hydrogen-bond donors (Lipinski definition) is 1. The fourth-order valence-corrected chi connectivity index (χ4v) is 2.48. The van der Waals surface area contributed by atoms with Crippen molar-refractivity contribution in [3.63, 3.8) is 0 Å². The van der Waals surface area contributed by atoms with Gasteiger partial charge in [-0.25, -0.2) is 0 Å². The van der Waals surface area contributed by atoms with Crippen LogP contribution in [-0.2, 0) is 6.54 Å². The van der Waals surface area contributed by atoms with Gasteiger partial charge in [0.2, 0.25) is 0 Å². The number of fused-ring (bicyclic) bond motifs is 1. The summed E-state index contributed by atoms with van der Waals surface area (Å²) in [6.07, 6.45) is 3.58. The second kappa shape index (κ2) is 5.17. The summed E-state index contributed by atoms with van der Waals surface area (Å²) in [5, 5.41) is 14.6. The van der Waals surface area contributed by atoms with Crippen LogP contribution in [-0.4, -0.2) is 22.0 Å². The van der Waals surface area contributed by atoms with Gasteiger partial charge in [0.1, 0.15) is 17.6 Å². The topological polar surface area (TPSA) is 56.5 Å². The second-order valence-corrected chi connectivity index (χ2v) is 4.89. The Balaban J connectivity index is 1.88. The average Bonchev–Trinajstić information content (AvgIpc) is 2.96. The minimum Gasteiger partial charge on any atom is -0.497 e. The van der Waals surface area contributed by atoms with Crippen molar-refractivity contribution < 1.29 is 14.6 Å². The van der Waals surface area contributed by atoms with Crippen molar-refractivity contribution in [1.82, 2.24) is 9.78 Å². The molecule has 5 nitrogen and oxygen atoms in total. The molecule has 0 saturated carbocycles. The Hall–Kier alpha value is -2.01. The molecule has 0 amide bonds. The largest absolute Gasteiger partial charge is 0.497 e. The van der Waals surface area contributed by atoms with Crippen LogP contribution in [0.3, 0.4) is 0 Å². The Kier molecular flexibility index (Phi) is 3.36. The standard InChI is InChI=1S/C15H18N2O3/c1-3-17-9-10(8-16-17)15-7-13(18)12-6-11(19-2)4-5-14(12)20-15/h4-6,8-9,13,15,18H,3,7H2,1-2H3. The molecule has 3 rings (SSSR count). The summed E-state index contributed by atoms with van der Waals surface area (Å²) in [7, 11) is 1.61. The molecule has 20 heavy (non-hydrogen) atoms. The van der Waals surface area contributed by atoms with E-state index >= 15 is 0 Å². The number of rotatable bonds is 3. The van der Waals surface area contributed by atoms with Crippen LogP contribution in [0.2, 0.25) is 0 Å². The van der Waals surface area contributed by atoms with Gasteiger partial charge in [-0.2, -0.15) is 5.10 Å². The molecule has 1 aliphatic rings. The third-order valence-corrected chi connectivity index (χ3v) is 3.63. The Morgan fingerprint density at radius 3 is 3.05 bits per heavy atom. The van der Waals surface area contributed by atoms with Gasteiger partial charge in [-0.3, -0.25) is 4.68 Å². The maximum atomic E-state index is 10.3. The molecule has 0 bridgehead atoms. The first-order valence-corrected chi connectivity index (χ1v) is 6.76. The lowest BCUT2D eigenvalue weighted by Crippen LogP contribution is -2.18. The van der Waals surface area contributed by atoms with E-state index in [0.717, 1.165) is 23.4 Å². The Morgan fingerprint density at radius 1 is 1.50 bits per heavy atom. The predicted molar refractivity (Wildman–Crippen MR) is 73.8 cm³/mol. The molecule has 0 radical (unpaired) electrons. The van der Waals surface area contributed by atoms with E-state index in [0.29, 0.717) is 12.2 Å². The summed E-state index contributed by atoms with van der Waals surface area (Å²) in [6, 6.07) is 5.50. The molecule has 0 aliphatic carbocycles. The lowest BCUT2D eigenvalue weighted by Gasteiger charge is -2.29. The van der Waals surface area contributed by atoms with Gasteiger partial charge in [0.05, 0.1) is 19.4 Å². The van der Waals surface area contributed by atoms with E-state index in [9.17, 15) is 5.11 Å². The third-order valence-electron chi connectivity index (χ3n) is 3.63. The lowest BCUT2D eigenvalue weighted by atomic mass is 9.96. The van der Waals surface area contributed by atoms with Crippen LogP contribution in [0, 0.1) is 0 Å². The molecule has 1 aliphatic heterocycles. The molecular formula is C15H18N2O3. The van der Waals surface area contributed by atoms with Crippen molar-refractivity contribution in [2.75, 3.05) is 7.11 Å². The van der Waals surface area contributed by atoms with E-state index in [4.69, 9.17) is 9.47 Å². The highest BCUT2D eigenvalue weighted by atomic mass is 16.5. The lowest BCUT2D eigenvalue weighted by molar-refractivity contribution is 0.0654. The Bertz CT molecular complexity index is 609. The first-order chi connectivity index (χ1) is 9.71. The van der Waals surface area contributed by atoms with Crippen molar-refractivity contribution in [3.8, 4) is 11.5 Å². The van der Waals surface area contributed by atoms with Gasteiger partial charge in [-0.1, -0.05) is 0 Å². The van der Waals surface area contributed by atoms with Crippen molar-refractivity contribution in [2.24, 2.45) is 0 Å². The summed E-state index contributed by atoms with van der Waals surface area (Å²) in [5.41, 5.74) is 1.77. The highest BCUT2D eigenvalue weighted by Crippen LogP contribution is 2.42. The fourth-order valence-electron chi connectivity index (χ4n) is 2.48. The van der Waals surface area contributed by atoms with Crippen LogP contribution < -0.4 is 9.47 Å². The number of aromatic nitrogens is 2. The quantitative estimate of drug-likeness (QED) is 0.934. The molecule has 0 fully saturated rings. The van der Waals surface area contributed by atoms with Gasteiger partial charge in [-0.15, -0.1) is 0 Å². The molecule has 2 heterocycles. The smallest absolute Gasteiger partial charge is 0.130 e. The molecule has 1 aromatic carbocycles. The van der Waals surface area contributed by atoms with Gasteiger partial charge in [0.25, 0.3) is 0 Å². The highest BCUT2D eigenvalue weighted by molar-refractivity contribution is 5.43. The van der Waals surface area contributed by atoms with E-state index in [2.05, 4.69) is 5.10 Å². The van der Waals surface area contributed by atoms with Crippen LogP contribution in [0.4, 0.5) is 0 Å². The predicted octanol–water partition coefficient (Wildman–Crippen LogP) is 2.47. The van der Waals surface area contributed by atoms with Crippen LogP contribution in [0.1, 0.15) is 36.7 Å². The molecule has 2 atom stereocenters. The van der Waals surface area contributed by atoms with Gasteiger partial charge in [0, 0.05) is 30.3 Å². The van der Waals surface area contributed by atoms with E-state index in [1.54, 1.807) is 13.3 Å². The summed E-state index contributed by atoms with van der Waals surface area (Å²) >= 11 is 0. The summed E-state index contributed by atoms with van der Waals surface area (Å²) in [5.74, 6) is 1.43. The van der Waals surface area contributed by atoms with Gasteiger partial charge >= 0.3 is 0 Å². The molecule has 5 heteroatoms. The molecule has 1 aromatic heterocycles. The molecule has 106 valence electrons. The van der Waals surface area contributed by atoms with E-state index < -0.39 is 6.10 Å². The zero-order valence-corrected chi connectivity index (χ0v) is 11.6. The second-order valence-electron chi connectivity index (χ2n) is 4.89. The number of aliphatic hydroxyl groups excluding tert-OH is 1. The molecule has 2 aromatic rings.